The van der Waals surface area contributed by atoms with Gasteiger partial charge in [-0.2, -0.15) is 0 Å². The van der Waals surface area contributed by atoms with Crippen LogP contribution in [0.2, 0.25) is 0 Å². The average molecular weight is 323 g/mol. The van der Waals surface area contributed by atoms with Crippen molar-refractivity contribution in [3.63, 3.8) is 0 Å². The molecule has 1 saturated heterocycles. The second-order valence-corrected chi connectivity index (χ2v) is 8.54. The third-order valence-electron chi connectivity index (χ3n) is 3.04. The van der Waals surface area contributed by atoms with E-state index in [1.54, 1.807) is 0 Å². The molecule has 0 saturated carbocycles. The molecule has 0 aromatic heterocycles. The van der Waals surface area contributed by atoms with Crippen LogP contribution >= 0.6 is 0 Å². The summed E-state index contributed by atoms with van der Waals surface area (Å²) >= 11 is 0. The number of aliphatic hydroxyl groups is 1. The van der Waals surface area contributed by atoms with Gasteiger partial charge in [-0.3, -0.25) is 0 Å². The summed E-state index contributed by atoms with van der Waals surface area (Å²) in [6.07, 6.45) is 0.186. The molecule has 0 spiro atoms. The maximum atomic E-state index is 13.2. The number of rotatable bonds is 4. The largest absolute Gasteiger partial charge is 0.392 e. The molecular weight excluding hydrogens is 309 g/mol. The van der Waals surface area contributed by atoms with Crippen LogP contribution in [0.3, 0.4) is 0 Å². The van der Waals surface area contributed by atoms with Gasteiger partial charge in [0, 0.05) is 6.04 Å². The molecule has 1 aliphatic heterocycles. The highest BCUT2D eigenvalue weighted by Gasteiger charge is 2.32. The molecule has 0 amide bonds. The fraction of sp³-hybridized carbons (Fsp3) is 0.455. The van der Waals surface area contributed by atoms with Crippen molar-refractivity contribution in [2.75, 3.05) is 11.5 Å². The Labute approximate surface area is 116 Å². The molecular formula is C11H14FNO5S2. The molecule has 1 aromatic rings. The number of benzene rings is 1. The monoisotopic (exact) mass is 323 g/mol. The van der Waals surface area contributed by atoms with Gasteiger partial charge < -0.3 is 5.11 Å². The Morgan fingerprint density at radius 3 is 2.65 bits per heavy atom. The minimum atomic E-state index is -4.07. The minimum absolute atomic E-state index is 0.0553. The quantitative estimate of drug-likeness (QED) is 0.798. The molecule has 0 radical (unpaired) electrons. The van der Waals surface area contributed by atoms with Crippen LogP contribution in [0.5, 0.6) is 0 Å². The second kappa shape index (κ2) is 5.40. The zero-order valence-corrected chi connectivity index (χ0v) is 12.0. The third-order valence-corrected chi connectivity index (χ3v) is 6.41. The predicted octanol–water partition coefficient (Wildman–Crippen LogP) is -0.217. The summed E-state index contributed by atoms with van der Waals surface area (Å²) < 4.78 is 62.3. The van der Waals surface area contributed by atoms with Gasteiger partial charge in [-0.1, -0.05) is 6.07 Å². The Morgan fingerprint density at radius 2 is 2.10 bits per heavy atom. The first-order valence-electron chi connectivity index (χ1n) is 5.85. The Morgan fingerprint density at radius 1 is 1.40 bits per heavy atom. The van der Waals surface area contributed by atoms with Crippen molar-refractivity contribution < 1.29 is 26.3 Å². The predicted molar refractivity (Wildman–Crippen MR) is 69.7 cm³/mol. The smallest absolute Gasteiger partial charge is 0.241 e. The van der Waals surface area contributed by atoms with Gasteiger partial charge in [-0.15, -0.1) is 0 Å². The summed E-state index contributed by atoms with van der Waals surface area (Å²) in [4.78, 5) is -0.371. The summed E-state index contributed by atoms with van der Waals surface area (Å²) in [5, 5.41) is 9.11. The molecule has 6 nitrogen and oxygen atoms in total. The summed E-state index contributed by atoms with van der Waals surface area (Å²) in [5.41, 5.74) is 0.0553. The van der Waals surface area contributed by atoms with Crippen LogP contribution in [-0.4, -0.2) is 39.5 Å². The molecule has 1 atom stereocenters. The maximum Gasteiger partial charge on any atom is 0.241 e. The standard InChI is InChI=1S/C11H14FNO5S2/c12-9-2-1-8(6-14)11(5-9)20(17,18)13-10-3-4-19(15,16)7-10/h1-2,5,10,13-14H,3-4,6-7H2. The van der Waals surface area contributed by atoms with Gasteiger partial charge in [-0.05, 0) is 24.1 Å². The Balaban J connectivity index is 2.29. The zero-order chi connectivity index (χ0) is 15.0. The van der Waals surface area contributed by atoms with E-state index in [1.165, 1.54) is 6.07 Å². The number of nitrogens with one attached hydrogen (secondary N) is 1. The van der Waals surface area contributed by atoms with Crippen molar-refractivity contribution in [3.8, 4) is 0 Å². The molecule has 0 aliphatic carbocycles. The summed E-state index contributed by atoms with van der Waals surface area (Å²) in [6, 6.07) is 2.30. The van der Waals surface area contributed by atoms with Crippen LogP contribution in [0.4, 0.5) is 4.39 Å². The molecule has 2 N–H and O–H groups in total. The molecule has 2 rings (SSSR count). The van der Waals surface area contributed by atoms with Crippen molar-refractivity contribution >= 4 is 19.9 Å². The van der Waals surface area contributed by atoms with Gasteiger partial charge in [0.1, 0.15) is 5.82 Å². The second-order valence-electron chi connectivity index (χ2n) is 4.63. The van der Waals surface area contributed by atoms with E-state index in [0.29, 0.717) is 0 Å². The lowest BCUT2D eigenvalue weighted by Gasteiger charge is -2.14. The van der Waals surface area contributed by atoms with Gasteiger partial charge >= 0.3 is 0 Å². The van der Waals surface area contributed by atoms with E-state index >= 15 is 0 Å². The first-order chi connectivity index (χ1) is 9.23. The van der Waals surface area contributed by atoms with Crippen LogP contribution in [0.15, 0.2) is 23.1 Å². The summed E-state index contributed by atoms with van der Waals surface area (Å²) in [7, 11) is -7.30. The SMILES string of the molecule is O=S1(=O)CCC(NS(=O)(=O)c2cc(F)ccc2CO)C1. The fourth-order valence-electron chi connectivity index (χ4n) is 2.08. The number of aliphatic hydroxyl groups excluding tert-OH is 1. The highest BCUT2D eigenvalue weighted by molar-refractivity contribution is 7.92. The fourth-order valence-corrected chi connectivity index (χ4v) is 5.37. The Hall–Kier alpha value is -1.03. The molecule has 1 aromatic carbocycles. The van der Waals surface area contributed by atoms with Crippen LogP contribution in [0, 0.1) is 5.82 Å². The Kier molecular flexibility index (Phi) is 4.14. The molecule has 1 fully saturated rings. The van der Waals surface area contributed by atoms with E-state index in [-0.39, 0.29) is 28.4 Å². The highest BCUT2D eigenvalue weighted by atomic mass is 32.2. The summed E-state index contributed by atoms with van der Waals surface area (Å²) in [5.74, 6) is -1.09. The first-order valence-corrected chi connectivity index (χ1v) is 9.16. The molecule has 0 bridgehead atoms. The van der Waals surface area contributed by atoms with Gasteiger partial charge in [0.15, 0.2) is 9.84 Å². The third kappa shape index (κ3) is 3.35. The minimum Gasteiger partial charge on any atom is -0.392 e. The van der Waals surface area contributed by atoms with Crippen LogP contribution < -0.4 is 4.72 Å². The van der Waals surface area contributed by atoms with E-state index in [2.05, 4.69) is 4.72 Å². The lowest BCUT2D eigenvalue weighted by atomic mass is 10.2. The number of sulfone groups is 1. The first kappa shape index (κ1) is 15.4. The van der Waals surface area contributed by atoms with E-state index in [9.17, 15) is 21.2 Å². The normalized spacial score (nSPS) is 22.0. The van der Waals surface area contributed by atoms with E-state index < -0.39 is 38.3 Å². The zero-order valence-electron chi connectivity index (χ0n) is 10.4. The van der Waals surface area contributed by atoms with Crippen molar-refractivity contribution in [1.82, 2.24) is 4.72 Å². The molecule has 9 heteroatoms. The number of hydrogen-bond donors (Lipinski definition) is 2. The molecule has 20 heavy (non-hydrogen) atoms. The van der Waals surface area contributed by atoms with Crippen LogP contribution in [0.1, 0.15) is 12.0 Å². The van der Waals surface area contributed by atoms with Gasteiger partial charge in [0.2, 0.25) is 10.0 Å². The summed E-state index contributed by atoms with van der Waals surface area (Å²) in [6.45, 7) is -0.556. The lowest BCUT2D eigenvalue weighted by molar-refractivity contribution is 0.278. The maximum absolute atomic E-state index is 13.2. The number of sulfonamides is 1. The topological polar surface area (TPSA) is 101 Å². The van der Waals surface area contributed by atoms with Crippen molar-refractivity contribution in [2.24, 2.45) is 0 Å². The number of hydrogen-bond acceptors (Lipinski definition) is 5. The average Bonchev–Trinajstić information content (AvgIpc) is 2.68. The molecule has 1 heterocycles. The van der Waals surface area contributed by atoms with E-state index in [4.69, 9.17) is 5.11 Å². The molecule has 1 aliphatic rings. The van der Waals surface area contributed by atoms with E-state index in [0.717, 1.165) is 12.1 Å². The lowest BCUT2D eigenvalue weighted by Crippen LogP contribution is -2.36. The van der Waals surface area contributed by atoms with Crippen LogP contribution in [0.25, 0.3) is 0 Å². The van der Waals surface area contributed by atoms with Crippen molar-refractivity contribution in [2.45, 2.75) is 24.0 Å². The van der Waals surface area contributed by atoms with Gasteiger partial charge in [-0.25, -0.2) is 25.9 Å². The van der Waals surface area contributed by atoms with Crippen molar-refractivity contribution in [1.29, 1.82) is 0 Å². The highest BCUT2D eigenvalue weighted by Crippen LogP contribution is 2.20. The molecule has 1 unspecified atom stereocenters. The van der Waals surface area contributed by atoms with Gasteiger partial charge in [0.25, 0.3) is 0 Å². The Bertz CT molecular complexity index is 714. The van der Waals surface area contributed by atoms with Gasteiger partial charge in [0.05, 0.1) is 23.0 Å². The number of halogens is 1. The van der Waals surface area contributed by atoms with Crippen molar-refractivity contribution in [3.05, 3.63) is 29.6 Å². The van der Waals surface area contributed by atoms with Crippen LogP contribution in [-0.2, 0) is 26.5 Å². The molecule has 112 valence electrons. The van der Waals surface area contributed by atoms with E-state index in [1.807, 2.05) is 0 Å².